The normalized spacial score (nSPS) is 10.8. The molecule has 122 valence electrons. The molecule has 0 saturated heterocycles. The van der Waals surface area contributed by atoms with Gasteiger partial charge in [-0.15, -0.1) is 0 Å². The van der Waals surface area contributed by atoms with E-state index in [1.807, 2.05) is 0 Å². The summed E-state index contributed by atoms with van der Waals surface area (Å²) < 4.78 is 1.45. The summed E-state index contributed by atoms with van der Waals surface area (Å²) in [6.07, 6.45) is 2.89. The van der Waals surface area contributed by atoms with Gasteiger partial charge in [0.2, 0.25) is 0 Å². The van der Waals surface area contributed by atoms with Gasteiger partial charge in [-0.2, -0.15) is 5.10 Å². The molecule has 1 aromatic heterocycles. The quantitative estimate of drug-likeness (QED) is 0.893. The molecule has 23 heavy (non-hydrogen) atoms. The number of hydrogen-bond acceptors (Lipinski definition) is 3. The van der Waals surface area contributed by atoms with Crippen LogP contribution in [0.15, 0.2) is 30.6 Å². The zero-order chi connectivity index (χ0) is 17.1. The Morgan fingerprint density at radius 3 is 2.61 bits per heavy atom. The molecule has 0 atom stereocenters. The number of aromatic nitrogens is 2. The van der Waals surface area contributed by atoms with Gasteiger partial charge in [0.25, 0.3) is 5.91 Å². The number of rotatable bonds is 5. The summed E-state index contributed by atoms with van der Waals surface area (Å²) in [5.41, 5.74) is 0.857. The molecule has 1 aromatic carbocycles. The van der Waals surface area contributed by atoms with Crippen molar-refractivity contribution in [1.82, 2.24) is 14.7 Å². The summed E-state index contributed by atoms with van der Waals surface area (Å²) in [6, 6.07) is 4.67. The van der Waals surface area contributed by atoms with Crippen LogP contribution in [0.5, 0.6) is 0 Å². The number of nitrogens with zero attached hydrogens (tertiary/aromatic N) is 3. The molecule has 1 N–H and O–H groups in total. The molecule has 2 aromatic rings. The number of carbonyl (C=O) groups is 2. The van der Waals surface area contributed by atoms with Crippen molar-refractivity contribution < 1.29 is 14.7 Å². The van der Waals surface area contributed by atoms with Crippen LogP contribution in [0, 0.1) is 0 Å². The maximum atomic E-state index is 12.5. The first kappa shape index (κ1) is 17.3. The Hall–Kier alpha value is -2.05. The van der Waals surface area contributed by atoms with Gasteiger partial charge < -0.3 is 10.0 Å². The van der Waals surface area contributed by atoms with Crippen LogP contribution in [0.25, 0.3) is 5.69 Å². The van der Waals surface area contributed by atoms with Crippen LogP contribution in [0.3, 0.4) is 0 Å². The Kier molecular flexibility index (Phi) is 5.28. The van der Waals surface area contributed by atoms with Gasteiger partial charge in [-0.3, -0.25) is 9.59 Å². The van der Waals surface area contributed by atoms with Crippen LogP contribution in [-0.2, 0) is 4.79 Å². The Morgan fingerprint density at radius 1 is 1.35 bits per heavy atom. The van der Waals surface area contributed by atoms with Crippen LogP contribution in [0.1, 0.15) is 24.2 Å². The number of halogens is 2. The third-order valence-electron chi connectivity index (χ3n) is 3.18. The average Bonchev–Trinajstić information content (AvgIpc) is 2.93. The van der Waals surface area contributed by atoms with E-state index in [0.717, 1.165) is 0 Å². The van der Waals surface area contributed by atoms with Gasteiger partial charge in [-0.1, -0.05) is 23.2 Å². The van der Waals surface area contributed by atoms with Crippen molar-refractivity contribution in [2.75, 3.05) is 6.54 Å². The monoisotopic (exact) mass is 355 g/mol. The Balaban J connectivity index is 2.30. The second-order valence-corrected chi connectivity index (χ2v) is 6.03. The van der Waals surface area contributed by atoms with Crippen LogP contribution in [0.4, 0.5) is 0 Å². The molecule has 0 saturated carbocycles. The molecule has 8 heteroatoms. The highest BCUT2D eigenvalue weighted by Gasteiger charge is 2.22. The van der Waals surface area contributed by atoms with E-state index < -0.39 is 11.9 Å². The second kappa shape index (κ2) is 7.02. The summed E-state index contributed by atoms with van der Waals surface area (Å²) in [5, 5.41) is 13.9. The van der Waals surface area contributed by atoms with E-state index >= 15 is 0 Å². The number of carboxylic acid groups (broad SMARTS) is 1. The topological polar surface area (TPSA) is 75.4 Å². The van der Waals surface area contributed by atoms with Gasteiger partial charge in [0.1, 0.15) is 6.54 Å². The summed E-state index contributed by atoms with van der Waals surface area (Å²) in [6.45, 7) is 3.13. The molecule has 0 fully saturated rings. The molecule has 0 spiro atoms. The zero-order valence-corrected chi connectivity index (χ0v) is 14.0. The fourth-order valence-corrected chi connectivity index (χ4v) is 2.53. The fourth-order valence-electron chi connectivity index (χ4n) is 2.03. The molecular weight excluding hydrogens is 341 g/mol. The molecule has 0 aliphatic rings. The number of carbonyl (C=O) groups excluding carboxylic acids is 1. The lowest BCUT2D eigenvalue weighted by Gasteiger charge is -2.24. The van der Waals surface area contributed by atoms with Crippen LogP contribution in [0.2, 0.25) is 10.0 Å². The minimum Gasteiger partial charge on any atom is -0.480 e. The predicted molar refractivity (Wildman–Crippen MR) is 87.4 cm³/mol. The highest BCUT2D eigenvalue weighted by atomic mass is 35.5. The van der Waals surface area contributed by atoms with Gasteiger partial charge in [-0.25, -0.2) is 4.68 Å². The maximum Gasteiger partial charge on any atom is 0.323 e. The molecule has 0 aliphatic carbocycles. The second-order valence-electron chi connectivity index (χ2n) is 5.19. The van der Waals surface area contributed by atoms with E-state index in [0.29, 0.717) is 15.7 Å². The van der Waals surface area contributed by atoms with Crippen molar-refractivity contribution in [3.63, 3.8) is 0 Å². The van der Waals surface area contributed by atoms with Gasteiger partial charge in [0.05, 0.1) is 22.5 Å². The van der Waals surface area contributed by atoms with E-state index in [2.05, 4.69) is 5.10 Å². The maximum absolute atomic E-state index is 12.5. The molecule has 0 aliphatic heterocycles. The van der Waals surface area contributed by atoms with Crippen LogP contribution >= 0.6 is 23.2 Å². The van der Waals surface area contributed by atoms with E-state index in [1.54, 1.807) is 32.0 Å². The lowest BCUT2D eigenvalue weighted by atomic mass is 10.2. The van der Waals surface area contributed by atoms with Crippen molar-refractivity contribution in [2.45, 2.75) is 19.9 Å². The standard InChI is InChI=1S/C15H15Cl2N3O3/c1-9(2)19(8-14(21)22)15(23)10-6-18-20(7-10)13-4-3-11(16)5-12(13)17/h3-7,9H,8H2,1-2H3,(H,21,22). The van der Waals surface area contributed by atoms with Crippen molar-refractivity contribution in [3.8, 4) is 5.69 Å². The Morgan fingerprint density at radius 2 is 2.04 bits per heavy atom. The van der Waals surface area contributed by atoms with Gasteiger partial charge in [0.15, 0.2) is 0 Å². The number of hydrogen-bond donors (Lipinski definition) is 1. The molecule has 2 rings (SSSR count). The minimum atomic E-state index is -1.07. The average molecular weight is 356 g/mol. The van der Waals surface area contributed by atoms with Crippen LogP contribution < -0.4 is 0 Å². The zero-order valence-electron chi connectivity index (χ0n) is 12.5. The third-order valence-corrected chi connectivity index (χ3v) is 3.71. The van der Waals surface area contributed by atoms with E-state index in [-0.39, 0.29) is 18.2 Å². The highest BCUT2D eigenvalue weighted by molar-refractivity contribution is 6.35. The van der Waals surface area contributed by atoms with Crippen molar-refractivity contribution >= 4 is 35.1 Å². The predicted octanol–water partition coefficient (Wildman–Crippen LogP) is 3.11. The third kappa shape index (κ3) is 4.03. The van der Waals surface area contributed by atoms with Gasteiger partial charge in [0, 0.05) is 17.3 Å². The summed E-state index contributed by atoms with van der Waals surface area (Å²) in [5.74, 6) is -1.47. The molecular formula is C15H15Cl2N3O3. The number of benzene rings is 1. The first-order chi connectivity index (χ1) is 10.8. The highest BCUT2D eigenvalue weighted by Crippen LogP contribution is 2.24. The molecule has 0 unspecified atom stereocenters. The smallest absolute Gasteiger partial charge is 0.323 e. The van der Waals surface area contributed by atoms with E-state index in [4.69, 9.17) is 28.3 Å². The molecule has 0 radical (unpaired) electrons. The van der Waals surface area contributed by atoms with Crippen LogP contribution in [-0.4, -0.2) is 44.3 Å². The Bertz CT molecular complexity index is 743. The lowest BCUT2D eigenvalue weighted by Crippen LogP contribution is -2.40. The number of amides is 1. The molecule has 6 nitrogen and oxygen atoms in total. The first-order valence-electron chi connectivity index (χ1n) is 6.82. The largest absolute Gasteiger partial charge is 0.480 e. The van der Waals surface area contributed by atoms with Crippen molar-refractivity contribution in [3.05, 3.63) is 46.2 Å². The van der Waals surface area contributed by atoms with Crippen molar-refractivity contribution in [2.24, 2.45) is 0 Å². The minimum absolute atomic E-state index is 0.249. The van der Waals surface area contributed by atoms with E-state index in [9.17, 15) is 9.59 Å². The SMILES string of the molecule is CC(C)N(CC(=O)O)C(=O)c1cnn(-c2ccc(Cl)cc2Cl)c1. The first-order valence-corrected chi connectivity index (χ1v) is 7.58. The summed E-state index contributed by atoms with van der Waals surface area (Å²) >= 11 is 12.0. The molecule has 0 bridgehead atoms. The molecule has 1 amide bonds. The number of carboxylic acids is 1. The Labute approximate surface area is 143 Å². The van der Waals surface area contributed by atoms with Crippen molar-refractivity contribution in [1.29, 1.82) is 0 Å². The van der Waals surface area contributed by atoms with Gasteiger partial charge >= 0.3 is 5.97 Å². The number of aliphatic carboxylic acids is 1. The fraction of sp³-hybridized carbons (Fsp3) is 0.267. The van der Waals surface area contributed by atoms with E-state index in [1.165, 1.54) is 22.0 Å². The van der Waals surface area contributed by atoms with Gasteiger partial charge in [-0.05, 0) is 32.0 Å². The molecule has 1 heterocycles. The summed E-state index contributed by atoms with van der Waals surface area (Å²) in [7, 11) is 0. The summed E-state index contributed by atoms with van der Waals surface area (Å²) in [4.78, 5) is 24.6. The lowest BCUT2D eigenvalue weighted by molar-refractivity contribution is -0.138.